The summed E-state index contributed by atoms with van der Waals surface area (Å²) in [4.78, 5) is 0. The molecule has 0 aliphatic carbocycles. The van der Waals surface area contributed by atoms with Gasteiger partial charge in [-0.3, -0.25) is 0 Å². The van der Waals surface area contributed by atoms with Gasteiger partial charge in [0.25, 0.3) is 0 Å². The minimum absolute atomic E-state index is 0.563. The van der Waals surface area contributed by atoms with Crippen molar-refractivity contribution in [1.29, 1.82) is 0 Å². The fraction of sp³-hybridized carbons (Fsp3) is 0.0312. The van der Waals surface area contributed by atoms with Gasteiger partial charge in [0, 0.05) is 5.56 Å². The Labute approximate surface area is 384 Å². The molecule has 0 aliphatic rings. The zero-order valence-electron chi connectivity index (χ0n) is 36.6. The van der Waals surface area contributed by atoms with Crippen LogP contribution in [0.1, 0.15) is 62.6 Å². The van der Waals surface area contributed by atoms with E-state index in [0.717, 1.165) is 50.3 Å². The molecule has 9 rings (SSSR count). The Morgan fingerprint density at radius 3 is 1.08 bits per heavy atom. The van der Waals surface area contributed by atoms with Crippen LogP contribution in [0.5, 0.6) is 5.75 Å². The largest absolute Gasteiger partial charge is 0.493 e. The second-order valence-corrected chi connectivity index (χ2v) is 15.9. The number of hydrogen-bond donors (Lipinski definition) is 0. The molecule has 312 valence electrons. The molecule has 0 atom stereocenters. The minimum Gasteiger partial charge on any atom is -0.493 e. The van der Waals surface area contributed by atoms with Gasteiger partial charge in [-0.1, -0.05) is 249 Å². The summed E-state index contributed by atoms with van der Waals surface area (Å²) in [6.07, 6.45) is 13.4. The zero-order chi connectivity index (χ0) is 44.0. The smallest absolute Gasteiger partial charge is 0.127 e. The quantitative estimate of drug-likeness (QED) is 0.0992. The molecule has 0 fully saturated rings. The maximum absolute atomic E-state index is 6.38. The van der Waals surface area contributed by atoms with Crippen molar-refractivity contribution in [3.05, 3.63) is 292 Å². The first-order chi connectivity index (χ1) is 32.2. The van der Waals surface area contributed by atoms with Gasteiger partial charge in [-0.05, 0) is 115 Å². The van der Waals surface area contributed by atoms with Crippen molar-refractivity contribution in [1.82, 2.24) is 0 Å². The standard InChI is InChI=1S/C64H50O/c1-2-65-64-47-60(39-37-49-30-34-51(35-31-49)45-62(56-24-14-6-15-25-56)57-26-16-7-17-27-57)59(46-63(64)58-42-40-53(41-43-58)52-18-8-3-9-19-52)38-36-48-28-32-50(33-29-48)44-61(54-20-10-4-11-21-54)55-22-12-5-13-23-55/h3-47H,2H2,1H3/b38-36-,39-37-. The molecule has 0 amide bonds. The van der Waals surface area contributed by atoms with E-state index in [2.05, 4.69) is 273 Å². The molecule has 0 aliphatic heterocycles. The Hall–Kier alpha value is -8.26. The van der Waals surface area contributed by atoms with Crippen LogP contribution >= 0.6 is 0 Å². The Morgan fingerprint density at radius 1 is 0.338 bits per heavy atom. The molecule has 65 heavy (non-hydrogen) atoms. The van der Waals surface area contributed by atoms with E-state index in [1.165, 1.54) is 44.5 Å². The predicted molar refractivity (Wildman–Crippen MR) is 279 cm³/mol. The molecule has 1 heteroatoms. The van der Waals surface area contributed by atoms with Gasteiger partial charge in [0.1, 0.15) is 5.75 Å². The summed E-state index contributed by atoms with van der Waals surface area (Å²) >= 11 is 0. The summed E-state index contributed by atoms with van der Waals surface area (Å²) in [7, 11) is 0. The maximum Gasteiger partial charge on any atom is 0.127 e. The van der Waals surface area contributed by atoms with Gasteiger partial charge in [0.15, 0.2) is 0 Å². The average molecular weight is 835 g/mol. The molecule has 9 aromatic rings. The highest BCUT2D eigenvalue weighted by Gasteiger charge is 2.12. The first-order valence-electron chi connectivity index (χ1n) is 22.3. The van der Waals surface area contributed by atoms with E-state index < -0.39 is 0 Å². The SMILES string of the molecule is CCOc1cc(/C=C\c2ccc(C=C(c3ccccc3)c3ccccc3)cc2)c(/C=C\c2ccc(C=C(c3ccccc3)c3ccccc3)cc2)cc1-c1ccc(-c2ccccc2)cc1. The highest BCUT2D eigenvalue weighted by atomic mass is 16.5. The van der Waals surface area contributed by atoms with E-state index in [9.17, 15) is 0 Å². The van der Waals surface area contributed by atoms with Crippen molar-refractivity contribution in [2.24, 2.45) is 0 Å². The van der Waals surface area contributed by atoms with Crippen LogP contribution < -0.4 is 4.74 Å². The normalized spacial score (nSPS) is 11.1. The van der Waals surface area contributed by atoms with E-state index >= 15 is 0 Å². The van der Waals surface area contributed by atoms with Crippen LogP contribution in [0.25, 0.3) is 69.9 Å². The highest BCUT2D eigenvalue weighted by Crippen LogP contribution is 2.36. The summed E-state index contributed by atoms with van der Waals surface area (Å²) in [6, 6.07) is 83.7. The molecule has 0 N–H and O–H groups in total. The number of rotatable bonds is 14. The monoisotopic (exact) mass is 834 g/mol. The minimum atomic E-state index is 0.563. The summed E-state index contributed by atoms with van der Waals surface area (Å²) in [5, 5.41) is 0. The summed E-state index contributed by atoms with van der Waals surface area (Å²) in [5.74, 6) is 0.857. The van der Waals surface area contributed by atoms with Gasteiger partial charge in [0.05, 0.1) is 6.61 Å². The molecule has 1 nitrogen and oxygen atoms in total. The first-order valence-corrected chi connectivity index (χ1v) is 22.3. The lowest BCUT2D eigenvalue weighted by Gasteiger charge is -2.15. The van der Waals surface area contributed by atoms with Gasteiger partial charge in [-0.15, -0.1) is 0 Å². The van der Waals surface area contributed by atoms with Crippen LogP contribution in [0.15, 0.2) is 237 Å². The third-order valence-electron chi connectivity index (χ3n) is 11.5. The number of hydrogen-bond acceptors (Lipinski definition) is 1. The second kappa shape index (κ2) is 20.7. The van der Waals surface area contributed by atoms with E-state index in [1.54, 1.807) is 0 Å². The molecule has 0 radical (unpaired) electrons. The Kier molecular flexibility index (Phi) is 13.4. The number of benzene rings is 9. The fourth-order valence-corrected chi connectivity index (χ4v) is 8.12. The third-order valence-corrected chi connectivity index (χ3v) is 11.5. The molecular formula is C64H50O. The average Bonchev–Trinajstić information content (AvgIpc) is 3.38. The van der Waals surface area contributed by atoms with Crippen LogP contribution in [-0.2, 0) is 0 Å². The molecule has 0 saturated heterocycles. The summed E-state index contributed by atoms with van der Waals surface area (Å²) in [5.41, 5.74) is 18.4. The van der Waals surface area contributed by atoms with Crippen molar-refractivity contribution in [2.75, 3.05) is 6.61 Å². The van der Waals surface area contributed by atoms with Crippen LogP contribution in [-0.4, -0.2) is 6.61 Å². The molecule has 9 aromatic carbocycles. The maximum atomic E-state index is 6.38. The van der Waals surface area contributed by atoms with Crippen molar-refractivity contribution < 1.29 is 4.74 Å². The predicted octanol–water partition coefficient (Wildman–Crippen LogP) is 16.9. The molecule has 0 heterocycles. The van der Waals surface area contributed by atoms with Crippen molar-refractivity contribution in [3.8, 4) is 28.0 Å². The molecule has 0 unspecified atom stereocenters. The molecule has 0 saturated carbocycles. The molecule has 0 aromatic heterocycles. The van der Waals surface area contributed by atoms with Crippen LogP contribution in [0, 0.1) is 0 Å². The van der Waals surface area contributed by atoms with Crippen LogP contribution in [0.4, 0.5) is 0 Å². The zero-order valence-corrected chi connectivity index (χ0v) is 36.6. The van der Waals surface area contributed by atoms with Crippen molar-refractivity contribution in [3.63, 3.8) is 0 Å². The lowest BCUT2D eigenvalue weighted by Crippen LogP contribution is -1.96. The van der Waals surface area contributed by atoms with Crippen LogP contribution in [0.2, 0.25) is 0 Å². The summed E-state index contributed by atoms with van der Waals surface area (Å²) < 4.78 is 6.38. The Balaban J connectivity index is 1.05. The highest BCUT2D eigenvalue weighted by molar-refractivity contribution is 5.93. The lowest BCUT2D eigenvalue weighted by atomic mass is 9.94. The van der Waals surface area contributed by atoms with Gasteiger partial charge < -0.3 is 4.74 Å². The Bertz CT molecular complexity index is 2970. The lowest BCUT2D eigenvalue weighted by molar-refractivity contribution is 0.341. The Morgan fingerprint density at radius 2 is 0.677 bits per heavy atom. The molecule has 0 bridgehead atoms. The van der Waals surface area contributed by atoms with E-state index in [-0.39, 0.29) is 0 Å². The topological polar surface area (TPSA) is 9.23 Å². The van der Waals surface area contributed by atoms with Gasteiger partial charge in [-0.25, -0.2) is 0 Å². The van der Waals surface area contributed by atoms with E-state index in [1.807, 2.05) is 6.92 Å². The second-order valence-electron chi connectivity index (χ2n) is 15.9. The van der Waals surface area contributed by atoms with E-state index in [0.29, 0.717) is 6.61 Å². The number of ether oxygens (including phenoxy) is 1. The van der Waals surface area contributed by atoms with Gasteiger partial charge >= 0.3 is 0 Å². The molecular weight excluding hydrogens is 785 g/mol. The van der Waals surface area contributed by atoms with Gasteiger partial charge in [0.2, 0.25) is 0 Å². The third kappa shape index (κ3) is 10.7. The first kappa shape index (κ1) is 42.1. The van der Waals surface area contributed by atoms with Crippen LogP contribution in [0.3, 0.4) is 0 Å². The van der Waals surface area contributed by atoms with E-state index in [4.69, 9.17) is 4.74 Å². The molecule has 0 spiro atoms. The summed E-state index contributed by atoms with van der Waals surface area (Å²) in [6.45, 7) is 2.61. The van der Waals surface area contributed by atoms with Crippen molar-refractivity contribution >= 4 is 47.6 Å². The van der Waals surface area contributed by atoms with Gasteiger partial charge in [-0.2, -0.15) is 0 Å². The fourth-order valence-electron chi connectivity index (χ4n) is 8.12. The van der Waals surface area contributed by atoms with Crippen molar-refractivity contribution in [2.45, 2.75) is 6.92 Å².